The largest absolute Gasteiger partial charge is 0.431 e. The number of amides is 1. The van der Waals surface area contributed by atoms with Crippen molar-refractivity contribution in [1.82, 2.24) is 5.01 Å². The highest BCUT2D eigenvalue weighted by Crippen LogP contribution is 2.25. The average molecular weight is 376 g/mol. The van der Waals surface area contributed by atoms with Crippen LogP contribution in [0.15, 0.2) is 38.7 Å². The van der Waals surface area contributed by atoms with E-state index >= 15 is 0 Å². The fraction of sp³-hybridized carbons (Fsp3) is 0.357. The van der Waals surface area contributed by atoms with Gasteiger partial charge in [0.15, 0.2) is 0 Å². The van der Waals surface area contributed by atoms with Crippen molar-refractivity contribution in [2.45, 2.75) is 30.8 Å². The summed E-state index contributed by atoms with van der Waals surface area (Å²) in [6, 6.07) is 5.80. The van der Waals surface area contributed by atoms with Crippen molar-refractivity contribution in [3.05, 3.63) is 29.8 Å². The van der Waals surface area contributed by atoms with Gasteiger partial charge in [-0.05, 0) is 19.1 Å². The Bertz CT molecular complexity index is 830. The van der Waals surface area contributed by atoms with Gasteiger partial charge < -0.3 is 5.73 Å². The van der Waals surface area contributed by atoms with Gasteiger partial charge in [-0.15, -0.1) is 4.40 Å². The molecule has 0 spiro atoms. The van der Waals surface area contributed by atoms with E-state index < -0.39 is 40.8 Å². The summed E-state index contributed by atoms with van der Waals surface area (Å²) in [4.78, 5) is 11.0. The summed E-state index contributed by atoms with van der Waals surface area (Å²) in [7, 11) is -4.15. The molecule has 7 nitrogen and oxygen atoms in total. The molecule has 1 heterocycles. The maximum Gasteiger partial charge on any atom is 0.431 e. The summed E-state index contributed by atoms with van der Waals surface area (Å²) >= 11 is 0. The molecule has 1 aliphatic heterocycles. The zero-order valence-corrected chi connectivity index (χ0v) is 13.9. The van der Waals surface area contributed by atoms with E-state index in [1.807, 2.05) is 0 Å². The topological polar surface area (TPSA) is 105 Å². The molecule has 25 heavy (non-hydrogen) atoms. The maximum absolute atomic E-state index is 12.8. The van der Waals surface area contributed by atoms with Gasteiger partial charge in [0.2, 0.25) is 5.91 Å². The van der Waals surface area contributed by atoms with Gasteiger partial charge in [-0.2, -0.15) is 26.7 Å². The fourth-order valence-electron chi connectivity index (χ4n) is 2.08. The second-order valence-electron chi connectivity index (χ2n) is 5.36. The molecule has 11 heteroatoms. The number of primary amides is 1. The Balaban J connectivity index is 2.41. The van der Waals surface area contributed by atoms with Crippen molar-refractivity contribution in [1.29, 1.82) is 0 Å². The van der Waals surface area contributed by atoms with Crippen LogP contribution < -0.4 is 5.73 Å². The van der Waals surface area contributed by atoms with E-state index in [4.69, 9.17) is 5.73 Å². The predicted molar refractivity (Wildman–Crippen MR) is 84.4 cm³/mol. The Hall–Kier alpha value is -2.43. The van der Waals surface area contributed by atoms with Gasteiger partial charge in [0.25, 0.3) is 10.0 Å². The molecule has 0 bridgehead atoms. The Labute approximate surface area is 142 Å². The van der Waals surface area contributed by atoms with Crippen LogP contribution in [0.4, 0.5) is 13.2 Å². The van der Waals surface area contributed by atoms with Gasteiger partial charge in [0.05, 0.1) is 4.90 Å². The van der Waals surface area contributed by atoms with Crippen LogP contribution in [-0.4, -0.2) is 43.6 Å². The highest BCUT2D eigenvalue weighted by Gasteiger charge is 2.39. The summed E-state index contributed by atoms with van der Waals surface area (Å²) in [5, 5.41) is 3.88. The first kappa shape index (κ1) is 18.9. The number of aryl methyl sites for hydroxylation is 1. The minimum atomic E-state index is -4.68. The lowest BCUT2D eigenvalue weighted by atomic mass is 10.1. The van der Waals surface area contributed by atoms with E-state index in [0.29, 0.717) is 5.01 Å². The van der Waals surface area contributed by atoms with Crippen LogP contribution in [0, 0.1) is 6.92 Å². The van der Waals surface area contributed by atoms with E-state index in [2.05, 4.69) is 9.50 Å². The number of hydrogen-bond donors (Lipinski definition) is 1. The van der Waals surface area contributed by atoms with Crippen molar-refractivity contribution in [3.8, 4) is 0 Å². The number of benzene rings is 1. The van der Waals surface area contributed by atoms with Crippen molar-refractivity contribution in [2.24, 2.45) is 15.2 Å². The van der Waals surface area contributed by atoms with E-state index in [1.54, 1.807) is 19.1 Å². The lowest BCUT2D eigenvalue weighted by Crippen LogP contribution is -2.41. The highest BCUT2D eigenvalue weighted by atomic mass is 32.2. The number of amidine groups is 1. The van der Waals surface area contributed by atoms with E-state index in [0.717, 1.165) is 5.56 Å². The van der Waals surface area contributed by atoms with Crippen molar-refractivity contribution in [2.75, 3.05) is 6.54 Å². The monoisotopic (exact) mass is 376 g/mol. The third kappa shape index (κ3) is 4.78. The minimum absolute atomic E-state index is 0.116. The molecule has 1 aromatic carbocycles. The first-order chi connectivity index (χ1) is 11.5. The van der Waals surface area contributed by atoms with Crippen LogP contribution in [0.5, 0.6) is 0 Å². The van der Waals surface area contributed by atoms with Gasteiger partial charge in [0.1, 0.15) is 18.1 Å². The fourth-order valence-corrected chi connectivity index (χ4v) is 3.13. The molecule has 2 rings (SSSR count). The molecule has 0 unspecified atom stereocenters. The summed E-state index contributed by atoms with van der Waals surface area (Å²) < 4.78 is 66.6. The second kappa shape index (κ2) is 6.82. The number of hydrazone groups is 1. The molecule has 1 aromatic rings. The van der Waals surface area contributed by atoms with Crippen LogP contribution in [0.2, 0.25) is 0 Å². The summed E-state index contributed by atoms with van der Waals surface area (Å²) in [5.41, 5.74) is 4.70. The van der Waals surface area contributed by atoms with Crippen LogP contribution in [0.3, 0.4) is 0 Å². The number of halogens is 3. The average Bonchev–Trinajstić information content (AvgIpc) is 2.47. The Kier molecular flexibility index (Phi) is 5.16. The molecule has 0 radical (unpaired) electrons. The first-order valence-electron chi connectivity index (χ1n) is 7.10. The SMILES string of the molecule is Cc1ccc(S(=O)(=O)/N=C2/CCC(C(F)(F)F)=NN2CC(N)=O)cc1. The van der Waals surface area contributed by atoms with Gasteiger partial charge in [-0.1, -0.05) is 17.7 Å². The molecule has 0 saturated carbocycles. The molecular formula is C14H15F3N4O3S. The predicted octanol–water partition coefficient (Wildman–Crippen LogP) is 1.58. The Morgan fingerprint density at radius 3 is 2.40 bits per heavy atom. The van der Waals surface area contributed by atoms with Gasteiger partial charge >= 0.3 is 6.18 Å². The van der Waals surface area contributed by atoms with Crippen molar-refractivity contribution < 1.29 is 26.4 Å². The zero-order valence-electron chi connectivity index (χ0n) is 13.1. The molecule has 2 N–H and O–H groups in total. The minimum Gasteiger partial charge on any atom is -0.368 e. The van der Waals surface area contributed by atoms with Crippen LogP contribution in [0.25, 0.3) is 0 Å². The van der Waals surface area contributed by atoms with Crippen molar-refractivity contribution in [3.63, 3.8) is 0 Å². The lowest BCUT2D eigenvalue weighted by Gasteiger charge is -2.26. The molecule has 0 atom stereocenters. The quantitative estimate of drug-likeness (QED) is 0.861. The van der Waals surface area contributed by atoms with Crippen LogP contribution >= 0.6 is 0 Å². The summed E-state index contributed by atoms with van der Waals surface area (Å²) in [6.07, 6.45) is -5.56. The van der Waals surface area contributed by atoms with Gasteiger partial charge in [0, 0.05) is 12.8 Å². The Morgan fingerprint density at radius 2 is 1.88 bits per heavy atom. The lowest BCUT2D eigenvalue weighted by molar-refractivity contribution is -0.118. The molecule has 1 aliphatic rings. The number of carbonyl (C=O) groups excluding carboxylic acids is 1. The third-order valence-corrected chi connectivity index (χ3v) is 4.62. The number of nitrogens with two attached hydrogens (primary N) is 1. The number of carbonyl (C=O) groups is 1. The molecule has 1 amide bonds. The van der Waals surface area contributed by atoms with Gasteiger partial charge in [-0.25, -0.2) is 5.01 Å². The van der Waals surface area contributed by atoms with E-state index in [1.165, 1.54) is 12.1 Å². The zero-order chi connectivity index (χ0) is 18.8. The standard InChI is InChI=1S/C14H15F3N4O3S/c1-9-2-4-10(5-3-9)25(23,24)20-13-7-6-11(14(15,16)17)19-21(13)8-12(18)22/h2-5H,6-8H2,1H3,(H2,18,22)/b20-13-. The molecule has 136 valence electrons. The third-order valence-electron chi connectivity index (χ3n) is 3.30. The molecule has 0 aromatic heterocycles. The number of alkyl halides is 3. The highest BCUT2D eigenvalue weighted by molar-refractivity contribution is 7.90. The second-order valence-corrected chi connectivity index (χ2v) is 6.97. The Morgan fingerprint density at radius 1 is 1.28 bits per heavy atom. The summed E-state index contributed by atoms with van der Waals surface area (Å²) in [6.45, 7) is 1.06. The smallest absolute Gasteiger partial charge is 0.368 e. The molecule has 0 aliphatic carbocycles. The van der Waals surface area contributed by atoms with Crippen LogP contribution in [-0.2, 0) is 14.8 Å². The van der Waals surface area contributed by atoms with E-state index in [9.17, 15) is 26.4 Å². The van der Waals surface area contributed by atoms with Gasteiger partial charge in [-0.3, -0.25) is 4.79 Å². The number of hydrogen-bond acceptors (Lipinski definition) is 4. The van der Waals surface area contributed by atoms with Crippen molar-refractivity contribution >= 4 is 27.5 Å². The molecule has 0 fully saturated rings. The number of rotatable bonds is 4. The van der Waals surface area contributed by atoms with Crippen LogP contribution in [0.1, 0.15) is 18.4 Å². The number of nitrogens with zero attached hydrogens (tertiary/aromatic N) is 3. The normalized spacial score (nSPS) is 17.5. The number of sulfonamides is 1. The first-order valence-corrected chi connectivity index (χ1v) is 8.54. The maximum atomic E-state index is 12.8. The summed E-state index contributed by atoms with van der Waals surface area (Å²) in [5.74, 6) is -1.24. The molecule has 0 saturated heterocycles. The molecular weight excluding hydrogens is 361 g/mol. The van der Waals surface area contributed by atoms with E-state index in [-0.39, 0.29) is 17.2 Å².